The monoisotopic (exact) mass is 578 g/mol. The van der Waals surface area contributed by atoms with Crippen molar-refractivity contribution in [3.63, 3.8) is 0 Å². The summed E-state index contributed by atoms with van der Waals surface area (Å²) >= 11 is 0. The topological polar surface area (TPSA) is 86.6 Å². The second-order valence-electron chi connectivity index (χ2n) is 10.9. The highest BCUT2D eigenvalue weighted by Crippen LogP contribution is 2.24. The van der Waals surface area contributed by atoms with Gasteiger partial charge in [0.2, 0.25) is 0 Å². The van der Waals surface area contributed by atoms with Gasteiger partial charge in [-0.05, 0) is 80.6 Å². The summed E-state index contributed by atoms with van der Waals surface area (Å²) in [7, 11) is 0. The lowest BCUT2D eigenvalue weighted by atomic mass is 10.0. The van der Waals surface area contributed by atoms with Crippen molar-refractivity contribution in [2.24, 2.45) is 16.1 Å². The summed E-state index contributed by atoms with van der Waals surface area (Å²) in [5.74, 6) is 1.43. The van der Waals surface area contributed by atoms with Gasteiger partial charge in [-0.25, -0.2) is 4.79 Å². The normalized spacial score (nSPS) is 11.8. The molecule has 0 bridgehead atoms. The minimum absolute atomic E-state index is 0.216. The highest BCUT2D eigenvalue weighted by molar-refractivity contribution is 5.86. The lowest BCUT2D eigenvalue weighted by molar-refractivity contribution is -0.139. The van der Waals surface area contributed by atoms with Crippen molar-refractivity contribution in [3.05, 3.63) is 60.7 Å². The molecule has 7 nitrogen and oxygen atoms in total. The minimum Gasteiger partial charge on any atom is -0.493 e. The van der Waals surface area contributed by atoms with Crippen molar-refractivity contribution in [1.29, 1.82) is 0 Å². The second kappa shape index (κ2) is 21.3. The summed E-state index contributed by atoms with van der Waals surface area (Å²) in [4.78, 5) is 23.5. The lowest BCUT2D eigenvalue weighted by Gasteiger charge is -2.15. The van der Waals surface area contributed by atoms with Gasteiger partial charge in [-0.1, -0.05) is 78.2 Å². The van der Waals surface area contributed by atoms with Crippen LogP contribution in [0.5, 0.6) is 11.5 Å². The van der Waals surface area contributed by atoms with Crippen LogP contribution in [-0.4, -0.2) is 25.2 Å². The molecule has 0 aliphatic heterocycles. The van der Waals surface area contributed by atoms with Crippen LogP contribution in [0.25, 0.3) is 0 Å². The van der Waals surface area contributed by atoms with Gasteiger partial charge in [0.1, 0.15) is 11.5 Å². The Morgan fingerprint density at radius 2 is 1.31 bits per heavy atom. The van der Waals surface area contributed by atoms with Crippen LogP contribution in [0.3, 0.4) is 0 Å². The molecule has 0 saturated carbocycles. The number of carbonyl (C=O) groups is 2. The molecule has 0 fully saturated rings. The Morgan fingerprint density at radius 3 is 1.86 bits per heavy atom. The SMILES string of the molecule is C=C(C)C(=O)OCCCCCCCCCCC(=O)Oc1ccc(N=Nc2ccc(OC[C@@H](CC)CCCC)cc2)cc1. The molecule has 0 amide bonds. The number of benzene rings is 2. The summed E-state index contributed by atoms with van der Waals surface area (Å²) in [6.45, 7) is 10.9. The fourth-order valence-electron chi connectivity index (χ4n) is 4.32. The molecule has 0 radical (unpaired) electrons. The van der Waals surface area contributed by atoms with E-state index in [1.54, 1.807) is 31.2 Å². The molecule has 7 heteroatoms. The van der Waals surface area contributed by atoms with E-state index in [0.29, 0.717) is 36.0 Å². The largest absolute Gasteiger partial charge is 0.493 e. The minimum atomic E-state index is -0.311. The van der Waals surface area contributed by atoms with Gasteiger partial charge in [-0.15, -0.1) is 0 Å². The van der Waals surface area contributed by atoms with Crippen LogP contribution in [0.15, 0.2) is 70.9 Å². The molecule has 0 heterocycles. The molecule has 2 aromatic carbocycles. The van der Waals surface area contributed by atoms with Crippen LogP contribution in [-0.2, 0) is 14.3 Å². The van der Waals surface area contributed by atoms with Gasteiger partial charge >= 0.3 is 11.9 Å². The Balaban J connectivity index is 1.57. The molecular formula is C35H50N2O5. The summed E-state index contributed by atoms with van der Waals surface area (Å²) in [5, 5.41) is 8.59. The van der Waals surface area contributed by atoms with Gasteiger partial charge in [-0.3, -0.25) is 4.79 Å². The lowest BCUT2D eigenvalue weighted by Crippen LogP contribution is -2.11. The quantitative estimate of drug-likeness (QED) is 0.0456. The van der Waals surface area contributed by atoms with Crippen LogP contribution >= 0.6 is 0 Å². The molecule has 0 saturated heterocycles. The average Bonchev–Trinajstić information content (AvgIpc) is 3.00. The first kappa shape index (κ1) is 34.7. The van der Waals surface area contributed by atoms with Crippen molar-refractivity contribution in [2.75, 3.05) is 13.2 Å². The summed E-state index contributed by atoms with van der Waals surface area (Å²) in [6, 6.07) is 14.7. The van der Waals surface area contributed by atoms with Crippen LogP contribution in [0, 0.1) is 5.92 Å². The molecular weight excluding hydrogens is 528 g/mol. The maximum absolute atomic E-state index is 12.2. The first-order valence-corrected chi connectivity index (χ1v) is 15.7. The van der Waals surface area contributed by atoms with E-state index >= 15 is 0 Å². The van der Waals surface area contributed by atoms with Gasteiger partial charge in [-0.2, -0.15) is 10.2 Å². The molecule has 0 N–H and O–H groups in total. The number of esters is 2. The van der Waals surface area contributed by atoms with Crippen LogP contribution in [0.1, 0.15) is 104 Å². The van der Waals surface area contributed by atoms with Crippen LogP contribution < -0.4 is 9.47 Å². The van der Waals surface area contributed by atoms with Gasteiger partial charge in [0.15, 0.2) is 0 Å². The number of rotatable bonds is 22. The third-order valence-corrected chi connectivity index (χ3v) is 7.07. The molecule has 0 spiro atoms. The fraction of sp³-hybridized carbons (Fsp3) is 0.543. The third kappa shape index (κ3) is 15.5. The molecule has 0 aliphatic carbocycles. The molecule has 1 atom stereocenters. The van der Waals surface area contributed by atoms with Crippen LogP contribution in [0.2, 0.25) is 0 Å². The maximum atomic E-state index is 12.2. The van der Waals surface area contributed by atoms with Crippen LogP contribution in [0.4, 0.5) is 11.4 Å². The summed E-state index contributed by atoms with van der Waals surface area (Å²) in [5.41, 5.74) is 1.87. The average molecular weight is 579 g/mol. The number of hydrogen-bond acceptors (Lipinski definition) is 7. The highest BCUT2D eigenvalue weighted by Gasteiger charge is 2.08. The van der Waals surface area contributed by atoms with E-state index in [1.807, 2.05) is 24.3 Å². The van der Waals surface area contributed by atoms with Gasteiger partial charge in [0, 0.05) is 12.0 Å². The van der Waals surface area contributed by atoms with Crippen molar-refractivity contribution >= 4 is 23.3 Å². The Morgan fingerprint density at radius 1 is 0.762 bits per heavy atom. The Labute approximate surface area is 252 Å². The van der Waals surface area contributed by atoms with E-state index in [0.717, 1.165) is 75.8 Å². The molecule has 0 aromatic heterocycles. The third-order valence-electron chi connectivity index (χ3n) is 7.07. The molecule has 2 rings (SSSR count). The summed E-state index contributed by atoms with van der Waals surface area (Å²) < 4.78 is 16.5. The van der Waals surface area contributed by atoms with E-state index in [9.17, 15) is 9.59 Å². The zero-order valence-electron chi connectivity index (χ0n) is 25.9. The molecule has 230 valence electrons. The highest BCUT2D eigenvalue weighted by atomic mass is 16.5. The van der Waals surface area contributed by atoms with Crippen molar-refractivity contribution < 1.29 is 23.8 Å². The molecule has 42 heavy (non-hydrogen) atoms. The zero-order chi connectivity index (χ0) is 30.4. The first-order valence-electron chi connectivity index (χ1n) is 15.7. The van der Waals surface area contributed by atoms with E-state index in [4.69, 9.17) is 14.2 Å². The molecule has 0 unspecified atom stereocenters. The zero-order valence-corrected chi connectivity index (χ0v) is 25.9. The van der Waals surface area contributed by atoms with Gasteiger partial charge in [0.05, 0.1) is 24.6 Å². The smallest absolute Gasteiger partial charge is 0.333 e. The Hall–Kier alpha value is -3.48. The Kier molecular flexibility index (Phi) is 17.6. The predicted octanol–water partition coefficient (Wildman–Crippen LogP) is 10.2. The molecule has 2 aromatic rings. The van der Waals surface area contributed by atoms with Gasteiger partial charge < -0.3 is 14.2 Å². The number of azo groups is 1. The predicted molar refractivity (Wildman–Crippen MR) is 169 cm³/mol. The maximum Gasteiger partial charge on any atom is 0.333 e. The van der Waals surface area contributed by atoms with Crippen molar-refractivity contribution in [2.45, 2.75) is 104 Å². The number of nitrogens with zero attached hydrogens (tertiary/aromatic N) is 2. The summed E-state index contributed by atoms with van der Waals surface area (Å²) in [6.07, 6.45) is 13.5. The number of unbranched alkanes of at least 4 members (excludes halogenated alkanes) is 8. The first-order chi connectivity index (χ1) is 20.4. The van der Waals surface area contributed by atoms with E-state index in [1.165, 1.54) is 19.3 Å². The second-order valence-corrected chi connectivity index (χ2v) is 10.9. The fourth-order valence-corrected chi connectivity index (χ4v) is 4.32. The Bertz CT molecular complexity index is 1080. The van der Waals surface area contributed by atoms with E-state index in [-0.39, 0.29) is 11.9 Å². The van der Waals surface area contributed by atoms with E-state index < -0.39 is 0 Å². The standard InChI is InChI=1S/C35H50N2O5/c1-5-7-16-29(6-2)27-41-32-22-18-30(19-23-32)36-37-31-20-24-33(25-21-31)42-34(38)17-14-12-10-8-9-11-13-15-26-40-35(39)28(3)4/h18-25,29H,3,5-17,26-27H2,1-2,4H3/t29-/m0/s1. The van der Waals surface area contributed by atoms with E-state index in [2.05, 4.69) is 30.7 Å². The molecule has 0 aliphatic rings. The number of carbonyl (C=O) groups excluding carboxylic acids is 2. The number of ether oxygens (including phenoxy) is 3. The van der Waals surface area contributed by atoms with Crippen molar-refractivity contribution in [1.82, 2.24) is 0 Å². The number of hydrogen-bond donors (Lipinski definition) is 0. The van der Waals surface area contributed by atoms with Gasteiger partial charge in [0.25, 0.3) is 0 Å². The van der Waals surface area contributed by atoms with Crippen molar-refractivity contribution in [3.8, 4) is 11.5 Å².